The molecule has 0 heterocycles. The van der Waals surface area contributed by atoms with Gasteiger partial charge in [0, 0.05) is 11.1 Å². The highest BCUT2D eigenvalue weighted by Crippen LogP contribution is 2.36. The maximum Gasteiger partial charge on any atom is 0.262 e. The van der Waals surface area contributed by atoms with Crippen LogP contribution in [0.2, 0.25) is 5.02 Å². The van der Waals surface area contributed by atoms with Gasteiger partial charge in [0.15, 0.2) is 5.75 Å². The minimum atomic E-state index is -3.94. The molecule has 0 aromatic heterocycles. The lowest BCUT2D eigenvalue weighted by molar-refractivity contribution is 0.406. The second kappa shape index (κ2) is 9.71. The van der Waals surface area contributed by atoms with Crippen LogP contribution in [0.1, 0.15) is 30.9 Å². The van der Waals surface area contributed by atoms with Crippen molar-refractivity contribution in [2.24, 2.45) is 0 Å². The average molecular weight is 476 g/mol. The highest BCUT2D eigenvalue weighted by molar-refractivity contribution is 7.92. The molecule has 0 aliphatic heterocycles. The molecule has 170 valence electrons. The quantitative estimate of drug-likeness (QED) is 0.409. The van der Waals surface area contributed by atoms with Crippen molar-refractivity contribution in [3.8, 4) is 23.0 Å². The molecule has 0 saturated carbocycles. The second-order valence-corrected chi connectivity index (χ2v) is 9.63. The molecule has 0 fully saturated rings. The number of sulfonamides is 1. The zero-order valence-electron chi connectivity index (χ0n) is 18.6. The van der Waals surface area contributed by atoms with Gasteiger partial charge >= 0.3 is 0 Å². The first-order valence-electron chi connectivity index (χ1n) is 9.97. The normalized spacial score (nSPS) is 11.3. The van der Waals surface area contributed by atoms with Gasteiger partial charge < -0.3 is 14.2 Å². The minimum absolute atomic E-state index is 0.0811. The van der Waals surface area contributed by atoms with Crippen LogP contribution in [0.5, 0.6) is 23.0 Å². The lowest BCUT2D eigenvalue weighted by atomic mass is 10.0. The fraction of sp³-hybridized carbons (Fsp3) is 0.250. The first-order valence-corrected chi connectivity index (χ1v) is 11.8. The summed E-state index contributed by atoms with van der Waals surface area (Å²) in [7, 11) is -0.808. The van der Waals surface area contributed by atoms with E-state index in [1.807, 2.05) is 13.8 Å². The predicted molar refractivity (Wildman–Crippen MR) is 127 cm³/mol. The third-order valence-corrected chi connectivity index (χ3v) is 6.64. The van der Waals surface area contributed by atoms with Crippen molar-refractivity contribution in [2.45, 2.75) is 31.6 Å². The van der Waals surface area contributed by atoms with Gasteiger partial charge in [-0.3, -0.25) is 4.72 Å². The molecule has 0 saturated heterocycles. The van der Waals surface area contributed by atoms with Crippen LogP contribution < -0.4 is 18.9 Å². The fourth-order valence-electron chi connectivity index (χ4n) is 3.26. The molecular weight excluding hydrogens is 450 g/mol. The summed E-state index contributed by atoms with van der Waals surface area (Å²) in [6, 6.07) is 15.2. The van der Waals surface area contributed by atoms with Gasteiger partial charge in [0.05, 0.1) is 24.8 Å². The first-order chi connectivity index (χ1) is 15.1. The third kappa shape index (κ3) is 5.29. The molecule has 6 nitrogen and oxygen atoms in total. The predicted octanol–water partition coefficient (Wildman–Crippen LogP) is 6.38. The summed E-state index contributed by atoms with van der Waals surface area (Å²) in [6.07, 6.45) is 0. The molecule has 8 heteroatoms. The SMILES string of the molecule is COc1cccc(Oc2ccc(Cl)cc2NS(=O)(=O)c2cc(C(C)C)c(OC)cc2C)c1. The van der Waals surface area contributed by atoms with Gasteiger partial charge in [0.1, 0.15) is 17.2 Å². The summed E-state index contributed by atoms with van der Waals surface area (Å²) in [5, 5.41) is 0.370. The number of nitrogens with one attached hydrogen (secondary N) is 1. The van der Waals surface area contributed by atoms with Gasteiger partial charge in [-0.05, 0) is 66.4 Å². The molecule has 0 amide bonds. The summed E-state index contributed by atoms with van der Waals surface area (Å²) in [6.45, 7) is 5.69. The molecule has 0 unspecified atom stereocenters. The Bertz CT molecular complexity index is 1230. The zero-order chi connectivity index (χ0) is 23.5. The molecule has 0 aliphatic carbocycles. The fourth-order valence-corrected chi connectivity index (χ4v) is 4.75. The van der Waals surface area contributed by atoms with E-state index in [0.29, 0.717) is 33.6 Å². The molecule has 32 heavy (non-hydrogen) atoms. The number of methoxy groups -OCH3 is 2. The summed E-state index contributed by atoms with van der Waals surface area (Å²) in [4.78, 5) is 0.161. The maximum atomic E-state index is 13.3. The molecule has 1 N–H and O–H groups in total. The summed E-state index contributed by atoms with van der Waals surface area (Å²) < 4.78 is 45.9. The molecule has 0 atom stereocenters. The first kappa shape index (κ1) is 23.8. The van der Waals surface area contributed by atoms with E-state index in [9.17, 15) is 8.42 Å². The number of hydrogen-bond donors (Lipinski definition) is 1. The van der Waals surface area contributed by atoms with E-state index in [-0.39, 0.29) is 16.5 Å². The Labute approximate surface area is 194 Å². The Morgan fingerprint density at radius 2 is 1.62 bits per heavy atom. The van der Waals surface area contributed by atoms with Crippen LogP contribution in [0.25, 0.3) is 0 Å². The van der Waals surface area contributed by atoms with Crippen LogP contribution in [0.4, 0.5) is 5.69 Å². The van der Waals surface area contributed by atoms with Crippen LogP contribution in [-0.2, 0) is 10.0 Å². The van der Waals surface area contributed by atoms with Crippen molar-refractivity contribution in [3.63, 3.8) is 0 Å². The van der Waals surface area contributed by atoms with Gasteiger partial charge in [-0.25, -0.2) is 8.42 Å². The van der Waals surface area contributed by atoms with Gasteiger partial charge in [-0.1, -0.05) is 31.5 Å². The molecule has 3 aromatic carbocycles. The smallest absolute Gasteiger partial charge is 0.262 e. The van der Waals surface area contributed by atoms with Crippen molar-refractivity contribution < 1.29 is 22.6 Å². The number of anilines is 1. The highest BCUT2D eigenvalue weighted by atomic mass is 35.5. The average Bonchev–Trinajstić information content (AvgIpc) is 2.74. The van der Waals surface area contributed by atoms with Crippen molar-refractivity contribution in [3.05, 3.63) is 70.7 Å². The Morgan fingerprint density at radius 3 is 2.28 bits per heavy atom. The Morgan fingerprint density at radius 1 is 0.906 bits per heavy atom. The standard InChI is InChI=1S/C24H26ClNO5S/c1-15(2)20-14-24(16(3)11-23(20)30-5)32(27,28)26-21-12-17(25)9-10-22(21)31-19-8-6-7-18(13-19)29-4/h6-15,26H,1-5H3. The number of aryl methyl sites for hydroxylation is 1. The monoisotopic (exact) mass is 475 g/mol. The largest absolute Gasteiger partial charge is 0.497 e. The van der Waals surface area contributed by atoms with Crippen molar-refractivity contribution in [1.29, 1.82) is 0 Å². The van der Waals surface area contributed by atoms with E-state index in [0.717, 1.165) is 5.56 Å². The molecule has 0 spiro atoms. The van der Waals surface area contributed by atoms with E-state index in [2.05, 4.69) is 4.72 Å². The molecule has 0 radical (unpaired) electrons. The van der Waals surface area contributed by atoms with E-state index in [1.54, 1.807) is 69.7 Å². The van der Waals surface area contributed by atoms with Gasteiger partial charge in [0.25, 0.3) is 10.0 Å². The van der Waals surface area contributed by atoms with Crippen molar-refractivity contribution >= 4 is 27.3 Å². The van der Waals surface area contributed by atoms with E-state index in [1.165, 1.54) is 6.07 Å². The summed E-state index contributed by atoms with van der Waals surface area (Å²) in [5.74, 6) is 2.16. The summed E-state index contributed by atoms with van der Waals surface area (Å²) in [5.41, 5.74) is 1.59. The van der Waals surface area contributed by atoms with Crippen molar-refractivity contribution in [2.75, 3.05) is 18.9 Å². The molecule has 3 rings (SSSR count). The lowest BCUT2D eigenvalue weighted by Gasteiger charge is -2.18. The number of halogens is 1. The van der Waals surface area contributed by atoms with Crippen LogP contribution in [0, 0.1) is 6.92 Å². The highest BCUT2D eigenvalue weighted by Gasteiger charge is 2.23. The van der Waals surface area contributed by atoms with Crippen LogP contribution in [-0.4, -0.2) is 22.6 Å². The van der Waals surface area contributed by atoms with E-state index < -0.39 is 10.0 Å². The number of ether oxygens (including phenoxy) is 3. The maximum absolute atomic E-state index is 13.3. The topological polar surface area (TPSA) is 73.9 Å². The second-order valence-electron chi connectivity index (χ2n) is 7.54. The lowest BCUT2D eigenvalue weighted by Crippen LogP contribution is -2.15. The number of hydrogen-bond acceptors (Lipinski definition) is 5. The van der Waals surface area contributed by atoms with Crippen LogP contribution in [0.3, 0.4) is 0 Å². The van der Waals surface area contributed by atoms with Gasteiger partial charge in [-0.2, -0.15) is 0 Å². The Balaban J connectivity index is 2.01. The molecular formula is C24H26ClNO5S. The molecule has 0 aliphatic rings. The van der Waals surface area contributed by atoms with E-state index >= 15 is 0 Å². The zero-order valence-corrected chi connectivity index (χ0v) is 20.2. The Kier molecular flexibility index (Phi) is 7.21. The number of rotatable bonds is 8. The van der Waals surface area contributed by atoms with Gasteiger partial charge in [0.2, 0.25) is 0 Å². The van der Waals surface area contributed by atoms with Crippen molar-refractivity contribution in [1.82, 2.24) is 0 Å². The van der Waals surface area contributed by atoms with Crippen LogP contribution in [0.15, 0.2) is 59.5 Å². The summed E-state index contributed by atoms with van der Waals surface area (Å²) >= 11 is 6.15. The number of benzene rings is 3. The Hall–Kier alpha value is -2.90. The van der Waals surface area contributed by atoms with Crippen LogP contribution >= 0.6 is 11.6 Å². The van der Waals surface area contributed by atoms with Gasteiger partial charge in [-0.15, -0.1) is 0 Å². The molecule has 3 aromatic rings. The third-order valence-electron chi connectivity index (χ3n) is 4.89. The minimum Gasteiger partial charge on any atom is -0.497 e. The van der Waals surface area contributed by atoms with E-state index in [4.69, 9.17) is 25.8 Å². The molecule has 0 bridgehead atoms.